The zero-order chi connectivity index (χ0) is 14.0. The van der Waals surface area contributed by atoms with Crippen LogP contribution < -0.4 is 10.5 Å². The molecule has 0 amide bonds. The largest absolute Gasteiger partial charge is 0.508 e. The molecular weight excluding hydrogens is 246 g/mol. The maximum absolute atomic E-state index is 11.9. The van der Waals surface area contributed by atoms with Crippen LogP contribution in [0.25, 0.3) is 0 Å². The normalized spacial score (nSPS) is 10.7. The summed E-state index contributed by atoms with van der Waals surface area (Å²) in [5.41, 5.74) is 6.07. The third kappa shape index (κ3) is 2.67. The topological polar surface area (TPSA) is 90.4 Å². The predicted octanol–water partition coefficient (Wildman–Crippen LogP) is 1.97. The number of anilines is 1. The highest BCUT2D eigenvalue weighted by Crippen LogP contribution is 2.20. The van der Waals surface area contributed by atoms with Gasteiger partial charge in [0, 0.05) is 6.04 Å². The van der Waals surface area contributed by atoms with Crippen molar-refractivity contribution in [2.24, 2.45) is 0 Å². The van der Waals surface area contributed by atoms with Gasteiger partial charge < -0.3 is 15.6 Å². The molecule has 0 aliphatic rings. The molecule has 6 heteroatoms. The van der Waals surface area contributed by atoms with Crippen LogP contribution in [0, 0.1) is 0 Å². The van der Waals surface area contributed by atoms with Gasteiger partial charge in [0.1, 0.15) is 22.9 Å². The third-order valence-corrected chi connectivity index (χ3v) is 2.59. The van der Waals surface area contributed by atoms with Crippen LogP contribution in [0.15, 0.2) is 30.5 Å². The molecule has 19 heavy (non-hydrogen) atoms. The molecule has 2 aromatic rings. The summed E-state index contributed by atoms with van der Waals surface area (Å²) in [5, 5.41) is 13.2. The van der Waals surface area contributed by atoms with Crippen LogP contribution in [-0.4, -0.2) is 20.9 Å². The Morgan fingerprint density at radius 1 is 1.37 bits per heavy atom. The molecule has 0 atom stereocenters. The maximum Gasteiger partial charge on any atom is 0.348 e. The highest BCUT2D eigenvalue weighted by molar-refractivity contribution is 5.95. The summed E-state index contributed by atoms with van der Waals surface area (Å²) in [4.78, 5) is 11.9. The van der Waals surface area contributed by atoms with Crippen LogP contribution >= 0.6 is 0 Å². The van der Waals surface area contributed by atoms with Gasteiger partial charge in [0.05, 0.1) is 6.20 Å². The first kappa shape index (κ1) is 12.9. The van der Waals surface area contributed by atoms with E-state index in [9.17, 15) is 4.79 Å². The Morgan fingerprint density at radius 3 is 2.53 bits per heavy atom. The molecule has 0 spiro atoms. The monoisotopic (exact) mass is 261 g/mol. The number of hydrogen-bond donors (Lipinski definition) is 2. The molecule has 0 radical (unpaired) electrons. The van der Waals surface area contributed by atoms with Crippen molar-refractivity contribution < 1.29 is 14.6 Å². The lowest BCUT2D eigenvalue weighted by Gasteiger charge is -2.08. The fourth-order valence-corrected chi connectivity index (χ4v) is 1.62. The Labute approximate surface area is 110 Å². The van der Waals surface area contributed by atoms with Gasteiger partial charge in [0.2, 0.25) is 0 Å². The predicted molar refractivity (Wildman–Crippen MR) is 70.1 cm³/mol. The van der Waals surface area contributed by atoms with Gasteiger partial charge in [-0.15, -0.1) is 0 Å². The Kier molecular flexibility index (Phi) is 3.41. The maximum atomic E-state index is 11.9. The molecule has 3 N–H and O–H groups in total. The number of benzene rings is 1. The lowest BCUT2D eigenvalue weighted by molar-refractivity contribution is 0.0735. The Balaban J connectivity index is 2.18. The van der Waals surface area contributed by atoms with E-state index in [1.807, 2.05) is 13.8 Å². The molecule has 6 nitrogen and oxygen atoms in total. The Morgan fingerprint density at radius 2 is 2.00 bits per heavy atom. The average molecular weight is 261 g/mol. The number of carbonyl (C=O) groups excluding carboxylic acids is 1. The van der Waals surface area contributed by atoms with Gasteiger partial charge in [0.25, 0.3) is 0 Å². The van der Waals surface area contributed by atoms with Crippen molar-refractivity contribution in [1.29, 1.82) is 0 Å². The first-order chi connectivity index (χ1) is 8.99. The molecule has 2 rings (SSSR count). The number of aromatic nitrogens is 2. The quantitative estimate of drug-likeness (QED) is 0.651. The molecule has 1 aromatic heterocycles. The summed E-state index contributed by atoms with van der Waals surface area (Å²) in [5.74, 6) is 0.139. The fraction of sp³-hybridized carbons (Fsp3) is 0.231. The van der Waals surface area contributed by atoms with Gasteiger partial charge in [-0.2, -0.15) is 5.10 Å². The van der Waals surface area contributed by atoms with Crippen LogP contribution in [-0.2, 0) is 0 Å². The van der Waals surface area contributed by atoms with Gasteiger partial charge >= 0.3 is 5.97 Å². The van der Waals surface area contributed by atoms with Crippen molar-refractivity contribution in [1.82, 2.24) is 9.78 Å². The standard InChI is InChI=1S/C13H15N3O3/c1-8(2)16-12(14)11(7-15-16)13(18)19-10-5-3-9(17)4-6-10/h3-8,17H,14H2,1-2H3. The van der Waals surface area contributed by atoms with Crippen LogP contribution in [0.4, 0.5) is 5.82 Å². The zero-order valence-corrected chi connectivity index (χ0v) is 10.7. The zero-order valence-electron chi connectivity index (χ0n) is 10.7. The van der Waals surface area contributed by atoms with Crippen LogP contribution in [0.1, 0.15) is 30.2 Å². The van der Waals surface area contributed by atoms with Gasteiger partial charge in [0.15, 0.2) is 0 Å². The number of phenols is 1. The number of esters is 1. The van der Waals surface area contributed by atoms with E-state index in [4.69, 9.17) is 15.6 Å². The van der Waals surface area contributed by atoms with Crippen molar-refractivity contribution in [3.8, 4) is 11.5 Å². The Hall–Kier alpha value is -2.50. The van der Waals surface area contributed by atoms with Crippen molar-refractivity contribution in [2.45, 2.75) is 19.9 Å². The van der Waals surface area contributed by atoms with E-state index in [0.29, 0.717) is 5.75 Å². The van der Waals surface area contributed by atoms with E-state index < -0.39 is 5.97 Å². The molecule has 0 aliphatic carbocycles. The summed E-state index contributed by atoms with van der Waals surface area (Å²) < 4.78 is 6.69. The van der Waals surface area contributed by atoms with Gasteiger partial charge in [-0.3, -0.25) is 0 Å². The van der Waals surface area contributed by atoms with E-state index in [1.165, 1.54) is 30.5 Å². The molecule has 1 aromatic carbocycles. The molecular formula is C13H15N3O3. The molecule has 0 fully saturated rings. The van der Waals surface area contributed by atoms with E-state index in [0.717, 1.165) is 0 Å². The van der Waals surface area contributed by atoms with E-state index in [1.54, 1.807) is 4.68 Å². The third-order valence-electron chi connectivity index (χ3n) is 2.59. The summed E-state index contributed by atoms with van der Waals surface area (Å²) in [6, 6.07) is 5.93. The number of carbonyl (C=O) groups is 1. The van der Waals surface area contributed by atoms with E-state index in [-0.39, 0.29) is 23.2 Å². The fourth-order valence-electron chi connectivity index (χ4n) is 1.62. The minimum Gasteiger partial charge on any atom is -0.508 e. The van der Waals surface area contributed by atoms with Crippen molar-refractivity contribution in [2.75, 3.05) is 5.73 Å². The number of nitrogens with zero attached hydrogens (tertiary/aromatic N) is 2. The Bertz CT molecular complexity index is 588. The lowest BCUT2D eigenvalue weighted by Crippen LogP contribution is -2.12. The van der Waals surface area contributed by atoms with Crippen LogP contribution in [0.2, 0.25) is 0 Å². The SMILES string of the molecule is CC(C)n1ncc(C(=O)Oc2ccc(O)cc2)c1N. The first-order valence-electron chi connectivity index (χ1n) is 5.83. The second-order valence-electron chi connectivity index (χ2n) is 4.37. The van der Waals surface area contributed by atoms with Crippen molar-refractivity contribution >= 4 is 11.8 Å². The average Bonchev–Trinajstić information content (AvgIpc) is 2.74. The molecule has 100 valence electrons. The number of hydrogen-bond acceptors (Lipinski definition) is 5. The van der Waals surface area contributed by atoms with E-state index in [2.05, 4.69) is 5.10 Å². The second kappa shape index (κ2) is 5.01. The first-order valence-corrected chi connectivity index (χ1v) is 5.83. The van der Waals surface area contributed by atoms with Crippen molar-refractivity contribution in [3.63, 3.8) is 0 Å². The smallest absolute Gasteiger partial charge is 0.348 e. The molecule has 0 bridgehead atoms. The number of nitrogens with two attached hydrogens (primary N) is 1. The van der Waals surface area contributed by atoms with Crippen LogP contribution in [0.3, 0.4) is 0 Å². The molecule has 0 saturated heterocycles. The molecule has 0 unspecified atom stereocenters. The number of ether oxygens (including phenoxy) is 1. The summed E-state index contributed by atoms with van der Waals surface area (Å²) >= 11 is 0. The molecule has 0 aliphatic heterocycles. The highest BCUT2D eigenvalue weighted by Gasteiger charge is 2.18. The van der Waals surface area contributed by atoms with Gasteiger partial charge in [-0.25, -0.2) is 9.48 Å². The van der Waals surface area contributed by atoms with Crippen molar-refractivity contribution in [3.05, 3.63) is 36.0 Å². The number of rotatable bonds is 3. The molecule has 0 saturated carbocycles. The second-order valence-corrected chi connectivity index (χ2v) is 4.37. The molecule has 1 heterocycles. The summed E-state index contributed by atoms with van der Waals surface area (Å²) in [7, 11) is 0. The minimum atomic E-state index is -0.574. The van der Waals surface area contributed by atoms with E-state index >= 15 is 0 Å². The minimum absolute atomic E-state index is 0.0650. The van der Waals surface area contributed by atoms with Crippen LogP contribution in [0.5, 0.6) is 11.5 Å². The summed E-state index contributed by atoms with van der Waals surface area (Å²) in [6.45, 7) is 3.83. The summed E-state index contributed by atoms with van der Waals surface area (Å²) in [6.07, 6.45) is 1.39. The highest BCUT2D eigenvalue weighted by atomic mass is 16.5. The lowest BCUT2D eigenvalue weighted by atomic mass is 10.3. The number of aromatic hydroxyl groups is 1. The van der Waals surface area contributed by atoms with Gasteiger partial charge in [-0.1, -0.05) is 0 Å². The number of nitrogen functional groups attached to an aromatic ring is 1. The number of phenolic OH excluding ortho intramolecular Hbond substituents is 1. The van der Waals surface area contributed by atoms with Gasteiger partial charge in [-0.05, 0) is 38.1 Å².